The number of nitrogens with one attached hydrogen (secondary N) is 3. The van der Waals surface area contributed by atoms with E-state index in [0.29, 0.717) is 11.3 Å². The first kappa shape index (κ1) is 14.1. The van der Waals surface area contributed by atoms with Gasteiger partial charge in [0.2, 0.25) is 0 Å². The molecule has 2 heterocycles. The monoisotopic (exact) mass is 316 g/mol. The minimum absolute atomic E-state index is 0.0966. The first-order valence-electron chi connectivity index (χ1n) is 7.62. The molecule has 2 aromatic carbocycles. The van der Waals surface area contributed by atoms with E-state index in [1.54, 1.807) is 0 Å². The van der Waals surface area contributed by atoms with Crippen LogP contribution in [-0.2, 0) is 4.79 Å². The van der Waals surface area contributed by atoms with E-state index in [1.807, 2.05) is 66.9 Å². The smallest absolute Gasteiger partial charge is 0.256 e. The highest BCUT2D eigenvalue weighted by atomic mass is 16.2. The Morgan fingerprint density at radius 2 is 1.88 bits per heavy atom. The van der Waals surface area contributed by atoms with Crippen molar-refractivity contribution in [2.45, 2.75) is 0 Å². The van der Waals surface area contributed by atoms with Crippen LogP contribution in [0.4, 0.5) is 22.7 Å². The predicted molar refractivity (Wildman–Crippen MR) is 97.9 cm³/mol. The number of hydrogen-bond acceptors (Lipinski definition) is 3. The molecule has 1 aliphatic rings. The molecule has 4 rings (SSSR count). The van der Waals surface area contributed by atoms with E-state index in [-0.39, 0.29) is 5.91 Å². The van der Waals surface area contributed by atoms with Crippen LogP contribution in [0.5, 0.6) is 0 Å². The second-order valence-electron chi connectivity index (χ2n) is 5.65. The number of rotatable bonds is 3. The van der Waals surface area contributed by atoms with Gasteiger partial charge in [0.05, 0.1) is 5.57 Å². The van der Waals surface area contributed by atoms with Crippen LogP contribution >= 0.6 is 0 Å². The van der Waals surface area contributed by atoms with E-state index in [2.05, 4.69) is 15.6 Å². The van der Waals surface area contributed by atoms with Crippen molar-refractivity contribution in [1.29, 1.82) is 0 Å². The fraction of sp³-hybridized carbons (Fsp3) is 0. The van der Waals surface area contributed by atoms with Crippen molar-refractivity contribution in [1.82, 2.24) is 4.98 Å². The Morgan fingerprint density at radius 1 is 1.00 bits per heavy atom. The molecule has 0 saturated carbocycles. The van der Waals surface area contributed by atoms with Gasteiger partial charge in [-0.25, -0.2) is 0 Å². The summed E-state index contributed by atoms with van der Waals surface area (Å²) in [5.74, 6) is -0.0966. The van der Waals surface area contributed by atoms with E-state index >= 15 is 0 Å². The zero-order valence-electron chi connectivity index (χ0n) is 12.8. The summed E-state index contributed by atoms with van der Waals surface area (Å²) in [6.45, 7) is 0. The molecule has 1 aliphatic heterocycles. The minimum atomic E-state index is -0.0966. The largest absolute Gasteiger partial charge is 0.399 e. The summed E-state index contributed by atoms with van der Waals surface area (Å²) in [5, 5.41) is 6.21. The van der Waals surface area contributed by atoms with Crippen LogP contribution in [-0.4, -0.2) is 10.9 Å². The maximum absolute atomic E-state index is 12.2. The Balaban J connectivity index is 1.70. The first-order valence-corrected chi connectivity index (χ1v) is 7.62. The molecule has 3 aromatic rings. The van der Waals surface area contributed by atoms with Crippen molar-refractivity contribution >= 4 is 40.3 Å². The maximum Gasteiger partial charge on any atom is 0.256 e. The van der Waals surface area contributed by atoms with Gasteiger partial charge in [-0.05, 0) is 54.6 Å². The van der Waals surface area contributed by atoms with E-state index < -0.39 is 0 Å². The average Bonchev–Trinajstić information content (AvgIpc) is 3.17. The zero-order valence-corrected chi connectivity index (χ0v) is 12.8. The van der Waals surface area contributed by atoms with E-state index in [9.17, 15) is 4.79 Å². The molecular formula is C19H16N4O. The lowest BCUT2D eigenvalue weighted by molar-refractivity contribution is -0.110. The number of nitrogens with two attached hydrogens (primary N) is 1. The molecule has 0 spiro atoms. The lowest BCUT2D eigenvalue weighted by Crippen LogP contribution is -2.03. The van der Waals surface area contributed by atoms with Crippen LogP contribution in [0.1, 0.15) is 11.3 Å². The quantitative estimate of drug-likeness (QED) is 0.438. The molecular weight excluding hydrogens is 300 g/mol. The first-order chi connectivity index (χ1) is 11.7. The van der Waals surface area contributed by atoms with Crippen molar-refractivity contribution in [2.24, 2.45) is 0 Å². The second-order valence-corrected chi connectivity index (χ2v) is 5.65. The lowest BCUT2D eigenvalue weighted by atomic mass is 10.1. The number of aromatic nitrogens is 1. The van der Waals surface area contributed by atoms with Gasteiger partial charge in [0, 0.05) is 40.2 Å². The molecule has 0 saturated heterocycles. The molecule has 1 amide bonds. The van der Waals surface area contributed by atoms with Crippen LogP contribution in [0.15, 0.2) is 60.8 Å². The Labute approximate surface area is 139 Å². The molecule has 0 fully saturated rings. The molecule has 0 aliphatic carbocycles. The number of benzene rings is 2. The van der Waals surface area contributed by atoms with Crippen molar-refractivity contribution < 1.29 is 4.79 Å². The summed E-state index contributed by atoms with van der Waals surface area (Å²) in [4.78, 5) is 15.3. The summed E-state index contributed by atoms with van der Waals surface area (Å²) in [7, 11) is 0. The third-order valence-electron chi connectivity index (χ3n) is 3.90. The van der Waals surface area contributed by atoms with Crippen LogP contribution in [0.25, 0.3) is 11.6 Å². The molecule has 5 N–H and O–H groups in total. The van der Waals surface area contributed by atoms with Gasteiger partial charge >= 0.3 is 0 Å². The van der Waals surface area contributed by atoms with Gasteiger partial charge in [-0.15, -0.1) is 0 Å². The van der Waals surface area contributed by atoms with Gasteiger partial charge in [-0.3, -0.25) is 4.79 Å². The van der Waals surface area contributed by atoms with Gasteiger partial charge in [-0.2, -0.15) is 0 Å². The van der Waals surface area contributed by atoms with Crippen molar-refractivity contribution in [2.75, 3.05) is 16.4 Å². The van der Waals surface area contributed by atoms with Crippen LogP contribution in [0.3, 0.4) is 0 Å². The Morgan fingerprint density at radius 3 is 2.67 bits per heavy atom. The fourth-order valence-electron chi connectivity index (χ4n) is 2.78. The van der Waals surface area contributed by atoms with E-state index in [4.69, 9.17) is 5.73 Å². The molecule has 24 heavy (non-hydrogen) atoms. The Bertz CT molecular complexity index is 942. The summed E-state index contributed by atoms with van der Waals surface area (Å²) in [6, 6.07) is 17.2. The van der Waals surface area contributed by atoms with Gasteiger partial charge in [0.15, 0.2) is 0 Å². The number of anilines is 4. The number of H-pyrrole nitrogens is 1. The zero-order chi connectivity index (χ0) is 16.5. The summed E-state index contributed by atoms with van der Waals surface area (Å²) in [5.41, 5.74) is 11.5. The third kappa shape index (κ3) is 2.63. The maximum atomic E-state index is 12.2. The normalized spacial score (nSPS) is 14.5. The SMILES string of the molecule is Nc1cccc(Nc2ccc3c(c2)C(=Cc2ccc[nH]2)C(=O)N3)c1. The third-order valence-corrected chi connectivity index (χ3v) is 3.90. The second kappa shape index (κ2) is 5.62. The van der Waals surface area contributed by atoms with Gasteiger partial charge in [0.25, 0.3) is 5.91 Å². The standard InChI is InChI=1S/C19H16N4O/c20-12-3-1-4-14(9-12)22-15-6-7-18-16(11-15)17(19(24)23-18)10-13-5-2-8-21-13/h1-11,21-22H,20H2,(H,23,24). The molecule has 0 atom stereocenters. The highest BCUT2D eigenvalue weighted by Crippen LogP contribution is 2.35. The molecule has 0 unspecified atom stereocenters. The number of hydrogen-bond donors (Lipinski definition) is 4. The molecule has 1 aromatic heterocycles. The lowest BCUT2D eigenvalue weighted by Gasteiger charge is -2.09. The molecule has 118 valence electrons. The van der Waals surface area contributed by atoms with Gasteiger partial charge in [-0.1, -0.05) is 6.07 Å². The molecule has 0 radical (unpaired) electrons. The van der Waals surface area contributed by atoms with Crippen LogP contribution in [0.2, 0.25) is 0 Å². The summed E-state index contributed by atoms with van der Waals surface area (Å²) < 4.78 is 0. The van der Waals surface area contributed by atoms with Crippen molar-refractivity contribution in [3.05, 3.63) is 72.1 Å². The van der Waals surface area contributed by atoms with Crippen molar-refractivity contribution in [3.63, 3.8) is 0 Å². The highest BCUT2D eigenvalue weighted by molar-refractivity contribution is 6.35. The number of aromatic amines is 1. The van der Waals surface area contributed by atoms with Crippen LogP contribution < -0.4 is 16.4 Å². The topological polar surface area (TPSA) is 82.9 Å². The number of carbonyl (C=O) groups excluding carboxylic acids is 1. The highest BCUT2D eigenvalue weighted by Gasteiger charge is 2.24. The van der Waals surface area contributed by atoms with Gasteiger partial charge in [0.1, 0.15) is 0 Å². The average molecular weight is 316 g/mol. The van der Waals surface area contributed by atoms with Crippen molar-refractivity contribution in [3.8, 4) is 0 Å². The fourth-order valence-corrected chi connectivity index (χ4v) is 2.78. The summed E-state index contributed by atoms with van der Waals surface area (Å²) >= 11 is 0. The molecule has 5 nitrogen and oxygen atoms in total. The number of nitrogen functional groups attached to an aromatic ring is 1. The van der Waals surface area contributed by atoms with Crippen LogP contribution in [0, 0.1) is 0 Å². The number of fused-ring (bicyclic) bond motifs is 1. The summed E-state index contributed by atoms with van der Waals surface area (Å²) in [6.07, 6.45) is 3.68. The van der Waals surface area contributed by atoms with Gasteiger partial charge < -0.3 is 21.4 Å². The number of amides is 1. The number of carbonyl (C=O) groups is 1. The Kier molecular flexibility index (Phi) is 3.31. The van der Waals surface area contributed by atoms with E-state index in [0.717, 1.165) is 28.3 Å². The minimum Gasteiger partial charge on any atom is -0.399 e. The predicted octanol–water partition coefficient (Wildman–Crippen LogP) is 3.83. The molecule has 0 bridgehead atoms. The molecule has 5 heteroatoms. The van der Waals surface area contributed by atoms with E-state index in [1.165, 1.54) is 0 Å². The Hall–Kier alpha value is -3.47.